The van der Waals surface area contributed by atoms with Gasteiger partial charge in [-0.2, -0.15) is 0 Å². The van der Waals surface area contributed by atoms with Gasteiger partial charge in [0, 0.05) is 16.6 Å². The number of rotatable bonds is 8. The molecule has 1 saturated heterocycles. The highest BCUT2D eigenvalue weighted by atomic mass is 16.7. The number of hydrogen-bond acceptors (Lipinski definition) is 11. The molecule has 1 aliphatic heterocycles. The Kier molecular flexibility index (Phi) is 11.5. The molecule has 11 heteroatoms. The van der Waals surface area contributed by atoms with Gasteiger partial charge >= 0.3 is 11.9 Å². The molecule has 0 bridgehead atoms. The van der Waals surface area contributed by atoms with Crippen LogP contribution >= 0.6 is 0 Å². The summed E-state index contributed by atoms with van der Waals surface area (Å²) < 4.78 is 25.1. The van der Waals surface area contributed by atoms with Crippen LogP contribution in [0.15, 0.2) is 34.9 Å². The average Bonchev–Trinajstić information content (AvgIpc) is 3.41. The zero-order chi connectivity index (χ0) is 41.6. The van der Waals surface area contributed by atoms with Crippen LogP contribution in [-0.2, 0) is 28.5 Å². The number of aliphatic hydroxyl groups is 5. The Balaban J connectivity index is 1.52. The van der Waals surface area contributed by atoms with Gasteiger partial charge in [-0.3, -0.25) is 0 Å². The molecular formula is C45H70O11. The lowest BCUT2D eigenvalue weighted by Crippen LogP contribution is -2.72. The van der Waals surface area contributed by atoms with Crippen LogP contribution in [0, 0.1) is 50.2 Å². The Bertz CT molecular complexity index is 1630. The third kappa shape index (κ3) is 6.31. The van der Waals surface area contributed by atoms with Crippen molar-refractivity contribution in [1.29, 1.82) is 0 Å². The van der Waals surface area contributed by atoms with Crippen LogP contribution in [-0.4, -0.2) is 99.7 Å². The van der Waals surface area contributed by atoms with Crippen molar-refractivity contribution >= 4 is 11.9 Å². The number of fused-ring (bicyclic) bond motifs is 7. The van der Waals surface area contributed by atoms with Crippen LogP contribution in [0.5, 0.6) is 0 Å². The monoisotopic (exact) mass is 786 g/mol. The summed E-state index contributed by atoms with van der Waals surface area (Å²) >= 11 is 0. The van der Waals surface area contributed by atoms with Gasteiger partial charge in [-0.15, -0.1) is 0 Å². The molecule has 1 heterocycles. The minimum absolute atomic E-state index is 0.0265. The molecule has 5 fully saturated rings. The summed E-state index contributed by atoms with van der Waals surface area (Å²) in [5.41, 5.74) is -1.16. The first kappa shape index (κ1) is 43.5. The summed E-state index contributed by atoms with van der Waals surface area (Å²) in [6, 6.07) is 0. The fourth-order valence-electron chi connectivity index (χ4n) is 13.1. The molecule has 56 heavy (non-hydrogen) atoms. The topological polar surface area (TPSA) is 172 Å². The molecule has 4 saturated carbocycles. The van der Waals surface area contributed by atoms with Crippen LogP contribution < -0.4 is 0 Å². The molecule has 0 aromatic carbocycles. The number of esters is 2. The van der Waals surface area contributed by atoms with E-state index in [0.717, 1.165) is 32.1 Å². The maximum Gasteiger partial charge on any atom is 0.333 e. The molecule has 0 unspecified atom stereocenters. The summed E-state index contributed by atoms with van der Waals surface area (Å²) in [6.07, 6.45) is 1.94. The standard InChI is InChI=1S/C45H70O11/c1-12-24(3)37(51)55-35-36(56-38(52)25(4)13-2)45(23-53-39-34(50)33(49)28(22-46)54-39)27(20-40(35,5)6)26-14-15-30-42(9)18-17-31(47)41(7,8)29(42)16-19-43(30,10)44(26,11)21-32(45)48/h12-14,27-36,39,46-50H,15-23H2,1-11H3/b24-12+,25-13+/t27-,28+,29-,30+,31-,32+,33-,34-,35-,36-,39+,42-,43+,44+,45-/m0/s1. The van der Waals surface area contributed by atoms with Crippen LogP contribution in [0.25, 0.3) is 0 Å². The second-order valence-corrected chi connectivity index (χ2v) is 20.4. The van der Waals surface area contributed by atoms with Crippen molar-refractivity contribution < 1.29 is 54.1 Å². The Morgan fingerprint density at radius 2 is 1.43 bits per heavy atom. The van der Waals surface area contributed by atoms with Crippen molar-refractivity contribution in [1.82, 2.24) is 0 Å². The summed E-state index contributed by atoms with van der Waals surface area (Å²) in [6.45, 7) is 21.7. The number of ether oxygens (including phenoxy) is 4. The summed E-state index contributed by atoms with van der Waals surface area (Å²) in [5, 5.41) is 55.8. The lowest BCUT2D eigenvalue weighted by molar-refractivity contribution is -0.283. The smallest absolute Gasteiger partial charge is 0.333 e. The summed E-state index contributed by atoms with van der Waals surface area (Å²) in [5.74, 6) is -0.943. The minimum Gasteiger partial charge on any atom is -0.454 e. The number of aliphatic hydroxyl groups excluding tert-OH is 5. The average molecular weight is 787 g/mol. The van der Waals surface area contributed by atoms with Crippen LogP contribution in [0.4, 0.5) is 0 Å². The maximum atomic E-state index is 13.9. The van der Waals surface area contributed by atoms with Gasteiger partial charge in [-0.05, 0) is 112 Å². The predicted octanol–water partition coefficient (Wildman–Crippen LogP) is 5.55. The largest absolute Gasteiger partial charge is 0.454 e. The normalized spacial score (nSPS) is 47.1. The van der Waals surface area contributed by atoms with Gasteiger partial charge in [0.25, 0.3) is 0 Å². The van der Waals surface area contributed by atoms with Crippen molar-refractivity contribution in [2.24, 2.45) is 50.2 Å². The second-order valence-electron chi connectivity index (χ2n) is 20.4. The second kappa shape index (κ2) is 14.9. The molecule has 0 radical (unpaired) electrons. The lowest BCUT2D eigenvalue weighted by Gasteiger charge is -2.72. The van der Waals surface area contributed by atoms with Crippen molar-refractivity contribution in [3.8, 4) is 0 Å². The molecule has 15 atom stereocenters. The van der Waals surface area contributed by atoms with E-state index in [4.69, 9.17) is 18.9 Å². The zero-order valence-corrected chi connectivity index (χ0v) is 35.6. The lowest BCUT2D eigenvalue weighted by atomic mass is 9.33. The van der Waals surface area contributed by atoms with Gasteiger partial charge < -0.3 is 44.5 Å². The first-order valence-electron chi connectivity index (χ1n) is 21.0. The Morgan fingerprint density at radius 1 is 0.821 bits per heavy atom. The van der Waals surface area contributed by atoms with Crippen molar-refractivity contribution in [2.45, 2.75) is 170 Å². The van der Waals surface area contributed by atoms with Gasteiger partial charge in [0.1, 0.15) is 24.4 Å². The van der Waals surface area contributed by atoms with Gasteiger partial charge in [-0.25, -0.2) is 9.59 Å². The van der Waals surface area contributed by atoms with E-state index in [9.17, 15) is 35.1 Å². The molecule has 5 N–H and O–H groups in total. The van der Waals surface area contributed by atoms with E-state index in [0.29, 0.717) is 35.8 Å². The molecule has 6 aliphatic rings. The highest BCUT2D eigenvalue weighted by Gasteiger charge is 2.74. The number of carbonyl (C=O) groups is 2. The quantitative estimate of drug-likeness (QED) is 0.119. The highest BCUT2D eigenvalue weighted by Crippen LogP contribution is 2.76. The molecule has 0 amide bonds. The van der Waals surface area contributed by atoms with Gasteiger partial charge in [0.05, 0.1) is 30.8 Å². The van der Waals surface area contributed by atoms with E-state index >= 15 is 0 Å². The molecule has 316 valence electrons. The Morgan fingerprint density at radius 3 is 2.00 bits per heavy atom. The maximum absolute atomic E-state index is 13.9. The first-order chi connectivity index (χ1) is 26.0. The fraction of sp³-hybridized carbons (Fsp3) is 0.822. The number of allylic oxidation sites excluding steroid dienone is 4. The minimum atomic E-state index is -1.48. The van der Waals surface area contributed by atoms with E-state index in [1.165, 1.54) is 5.57 Å². The van der Waals surface area contributed by atoms with Crippen molar-refractivity contribution in [3.63, 3.8) is 0 Å². The third-order valence-electron chi connectivity index (χ3n) is 17.0. The SMILES string of the molecule is C/C=C(\C)C(=O)O[C@H]1[C@H](OC(=O)/C(C)=C/C)[C@]2(CO[C@@H]3O[C@H](CO)[C@H](O)[C@@H]3O)[C@H](O)C[C@]3(C)C(=CC[C@@H]4[C@@]5(C)CC[C@H](O)C(C)(C)[C@@H]5CC[C@]43C)[C@@H]2CC1(C)C. The third-order valence-corrected chi connectivity index (χ3v) is 17.0. The molecule has 11 nitrogen and oxygen atoms in total. The van der Waals surface area contributed by atoms with Crippen LogP contribution in [0.1, 0.15) is 121 Å². The number of carbonyl (C=O) groups excluding carboxylic acids is 2. The van der Waals surface area contributed by atoms with Gasteiger partial charge in [0.2, 0.25) is 0 Å². The van der Waals surface area contributed by atoms with E-state index in [2.05, 4.69) is 40.7 Å². The van der Waals surface area contributed by atoms with E-state index < -0.39 is 83.6 Å². The Hall–Kier alpha value is -2.12. The zero-order valence-electron chi connectivity index (χ0n) is 35.6. The van der Waals surface area contributed by atoms with Crippen molar-refractivity contribution in [3.05, 3.63) is 34.9 Å². The molecule has 0 spiro atoms. The van der Waals surface area contributed by atoms with E-state index in [1.807, 2.05) is 13.8 Å². The molecule has 0 aromatic rings. The molecule has 6 rings (SSSR count). The summed E-state index contributed by atoms with van der Waals surface area (Å²) in [4.78, 5) is 27.6. The van der Waals surface area contributed by atoms with Crippen LogP contribution in [0.2, 0.25) is 0 Å². The molecular weight excluding hydrogens is 716 g/mol. The molecule has 5 aliphatic carbocycles. The fourth-order valence-corrected chi connectivity index (χ4v) is 13.1. The van der Waals surface area contributed by atoms with E-state index in [1.54, 1.807) is 39.8 Å². The summed E-state index contributed by atoms with van der Waals surface area (Å²) in [7, 11) is 0. The molecule has 0 aromatic heterocycles. The predicted molar refractivity (Wildman–Crippen MR) is 210 cm³/mol. The van der Waals surface area contributed by atoms with Crippen LogP contribution in [0.3, 0.4) is 0 Å². The number of hydrogen-bond donors (Lipinski definition) is 5. The van der Waals surface area contributed by atoms with Gasteiger partial charge in [-0.1, -0.05) is 72.3 Å². The van der Waals surface area contributed by atoms with Crippen molar-refractivity contribution in [2.75, 3.05) is 13.2 Å². The highest BCUT2D eigenvalue weighted by molar-refractivity contribution is 5.88. The van der Waals surface area contributed by atoms with E-state index in [-0.39, 0.29) is 29.0 Å². The Labute approximate surface area is 333 Å². The van der Waals surface area contributed by atoms with Gasteiger partial charge in [0.15, 0.2) is 12.4 Å². The first-order valence-corrected chi connectivity index (χ1v) is 21.0.